The largest absolute Gasteiger partial charge is 0.457 e. The molecule has 0 amide bonds. The van der Waals surface area contributed by atoms with E-state index in [2.05, 4.69) is 306 Å². The van der Waals surface area contributed by atoms with Gasteiger partial charge in [-0.3, -0.25) is 0 Å². The summed E-state index contributed by atoms with van der Waals surface area (Å²) in [5, 5.41) is 2.40. The first kappa shape index (κ1) is 47.8. The fourth-order valence-corrected chi connectivity index (χ4v) is 13.8. The quantitative estimate of drug-likeness (QED) is 0.166. The van der Waals surface area contributed by atoms with Gasteiger partial charge in [-0.25, -0.2) is 0 Å². The van der Waals surface area contributed by atoms with E-state index in [1.807, 2.05) is 0 Å². The summed E-state index contributed by atoms with van der Waals surface area (Å²) in [4.78, 5) is 2.47. The molecule has 0 N–H and O–H groups in total. The maximum Gasteiger partial charge on any atom is 0.156 e. The molecule has 0 fully saturated rings. The van der Waals surface area contributed by atoms with E-state index in [0.717, 1.165) is 90.2 Å². The molecule has 80 heavy (non-hydrogen) atoms. The number of aromatic nitrogens is 1. The third-order valence-electron chi connectivity index (χ3n) is 17.5. The van der Waals surface area contributed by atoms with Crippen LogP contribution in [0, 0.1) is 0 Å². The van der Waals surface area contributed by atoms with Gasteiger partial charge in [0.2, 0.25) is 0 Å². The molecule has 3 aliphatic rings. The summed E-state index contributed by atoms with van der Waals surface area (Å²) < 4.78 is 17.2. The second-order valence-corrected chi connectivity index (χ2v) is 24.0. The molecule has 1 spiro atoms. The van der Waals surface area contributed by atoms with Crippen molar-refractivity contribution in [1.29, 1.82) is 0 Å². The highest BCUT2D eigenvalue weighted by molar-refractivity contribution is 6.10. The number of nitrogens with zero attached hydrogens (tertiary/aromatic N) is 2. The standard InChI is InChI=1S/C76H60N2O2/c1-73(2,3)51-40-43-54-55-44-41-52(74(4,5)6)47-62(55)76(61(54)46-51)59-31-16-22-39-70(59)80-72-60(76)32-23-37-68(72)77(66-35-19-20-36-67(66)78-64-33-17-13-28-56(64)57-29-14-18-34-65(57)78)53-42-45-71-63(48-53)75(49-24-9-7-10-25-49,50-26-11-8-12-27-50)58-30-15-21-38-69(58)79-71/h7-48H,1-6H3. The van der Waals surface area contributed by atoms with Crippen molar-refractivity contribution in [2.24, 2.45) is 0 Å². The van der Waals surface area contributed by atoms with E-state index in [0.29, 0.717) is 0 Å². The minimum atomic E-state index is -0.761. The summed E-state index contributed by atoms with van der Waals surface area (Å²) in [6, 6.07) is 93.9. The molecule has 15 rings (SSSR count). The highest BCUT2D eigenvalue weighted by Crippen LogP contribution is 2.65. The third-order valence-corrected chi connectivity index (χ3v) is 17.5. The average Bonchev–Trinajstić information content (AvgIpc) is 4.14. The minimum Gasteiger partial charge on any atom is -0.457 e. The molecule has 0 bridgehead atoms. The molecule has 386 valence electrons. The molecule has 0 unspecified atom stereocenters. The Balaban J connectivity index is 1.07. The van der Waals surface area contributed by atoms with Gasteiger partial charge in [0.25, 0.3) is 0 Å². The first-order chi connectivity index (χ1) is 39.0. The number of benzene rings is 11. The highest BCUT2D eigenvalue weighted by atomic mass is 16.5. The van der Waals surface area contributed by atoms with Gasteiger partial charge in [-0.05, 0) is 116 Å². The van der Waals surface area contributed by atoms with E-state index >= 15 is 0 Å². The number of hydrogen-bond donors (Lipinski definition) is 0. The van der Waals surface area contributed by atoms with Gasteiger partial charge in [-0.2, -0.15) is 0 Å². The van der Waals surface area contributed by atoms with Gasteiger partial charge >= 0.3 is 0 Å². The van der Waals surface area contributed by atoms with Gasteiger partial charge in [-0.1, -0.05) is 236 Å². The molecular weight excluding hydrogens is 973 g/mol. The first-order valence-corrected chi connectivity index (χ1v) is 28.1. The molecule has 3 heterocycles. The predicted molar refractivity (Wildman–Crippen MR) is 329 cm³/mol. The van der Waals surface area contributed by atoms with E-state index in [1.165, 1.54) is 44.2 Å². The predicted octanol–water partition coefficient (Wildman–Crippen LogP) is 19.8. The third kappa shape index (κ3) is 6.81. The zero-order valence-corrected chi connectivity index (χ0v) is 46.0. The summed E-state index contributed by atoms with van der Waals surface area (Å²) in [7, 11) is 0. The zero-order chi connectivity index (χ0) is 54.1. The van der Waals surface area contributed by atoms with Crippen molar-refractivity contribution in [3.05, 3.63) is 310 Å². The van der Waals surface area contributed by atoms with E-state index in [9.17, 15) is 0 Å². The van der Waals surface area contributed by atoms with E-state index in [-0.39, 0.29) is 10.8 Å². The lowest BCUT2D eigenvalue weighted by Gasteiger charge is -2.43. The van der Waals surface area contributed by atoms with Crippen LogP contribution < -0.4 is 14.4 Å². The molecule has 1 aliphatic carbocycles. The van der Waals surface area contributed by atoms with Crippen LogP contribution in [0.3, 0.4) is 0 Å². The maximum absolute atomic E-state index is 7.68. The van der Waals surface area contributed by atoms with Crippen molar-refractivity contribution in [1.82, 2.24) is 4.57 Å². The first-order valence-electron chi connectivity index (χ1n) is 28.1. The second kappa shape index (κ2) is 17.6. The van der Waals surface area contributed by atoms with Crippen LogP contribution in [0.1, 0.15) is 97.2 Å². The Morgan fingerprint density at radius 2 is 0.825 bits per heavy atom. The van der Waals surface area contributed by atoms with Crippen molar-refractivity contribution >= 4 is 38.9 Å². The fourth-order valence-electron chi connectivity index (χ4n) is 13.8. The summed E-state index contributed by atoms with van der Waals surface area (Å²) in [6.07, 6.45) is 0. The second-order valence-electron chi connectivity index (χ2n) is 24.0. The van der Waals surface area contributed by atoms with E-state index < -0.39 is 10.8 Å². The maximum atomic E-state index is 7.68. The Kier molecular flexibility index (Phi) is 10.5. The average molecular weight is 1030 g/mol. The fraction of sp³-hybridized carbons (Fsp3) is 0.132. The van der Waals surface area contributed by atoms with Gasteiger partial charge in [0.1, 0.15) is 17.2 Å². The summed E-state index contributed by atoms with van der Waals surface area (Å²) in [5.74, 6) is 3.29. The molecule has 12 aromatic rings. The van der Waals surface area contributed by atoms with Crippen molar-refractivity contribution in [3.8, 4) is 39.8 Å². The van der Waals surface area contributed by atoms with E-state index in [4.69, 9.17) is 9.47 Å². The molecule has 4 nitrogen and oxygen atoms in total. The van der Waals surface area contributed by atoms with Crippen LogP contribution in [0.4, 0.5) is 17.1 Å². The summed E-state index contributed by atoms with van der Waals surface area (Å²) >= 11 is 0. The number of rotatable bonds is 6. The molecule has 1 aromatic heterocycles. The monoisotopic (exact) mass is 1030 g/mol. The van der Waals surface area contributed by atoms with Crippen LogP contribution in [0.5, 0.6) is 23.0 Å². The van der Waals surface area contributed by atoms with E-state index in [1.54, 1.807) is 0 Å². The summed E-state index contributed by atoms with van der Waals surface area (Å²) in [5.41, 5.74) is 18.8. The lowest BCUT2D eigenvalue weighted by atomic mass is 9.63. The van der Waals surface area contributed by atoms with Crippen LogP contribution in [-0.4, -0.2) is 4.57 Å². The lowest BCUT2D eigenvalue weighted by Crippen LogP contribution is -2.34. The molecular formula is C76H60N2O2. The molecule has 0 radical (unpaired) electrons. The van der Waals surface area contributed by atoms with Crippen LogP contribution in [0.25, 0.3) is 38.6 Å². The molecule has 0 saturated carbocycles. The Morgan fingerprint density at radius 3 is 1.43 bits per heavy atom. The van der Waals surface area contributed by atoms with Gasteiger partial charge in [0.15, 0.2) is 5.75 Å². The van der Waals surface area contributed by atoms with Gasteiger partial charge in [-0.15, -0.1) is 0 Å². The smallest absolute Gasteiger partial charge is 0.156 e. The molecule has 0 saturated heterocycles. The number of hydrogen-bond acceptors (Lipinski definition) is 3. The molecule has 4 heteroatoms. The van der Waals surface area contributed by atoms with Crippen LogP contribution in [0.2, 0.25) is 0 Å². The van der Waals surface area contributed by atoms with Crippen molar-refractivity contribution in [3.63, 3.8) is 0 Å². The highest BCUT2D eigenvalue weighted by Gasteiger charge is 2.53. The number of para-hydroxylation sites is 7. The van der Waals surface area contributed by atoms with Crippen LogP contribution in [0.15, 0.2) is 255 Å². The minimum absolute atomic E-state index is 0.102. The number of ether oxygens (including phenoxy) is 2. The Bertz CT molecular complexity index is 4300. The Hall–Kier alpha value is -9.38. The number of anilines is 3. The lowest BCUT2D eigenvalue weighted by molar-refractivity contribution is 0.434. The molecule has 11 aromatic carbocycles. The van der Waals surface area contributed by atoms with Crippen molar-refractivity contribution in [2.45, 2.75) is 63.2 Å². The molecule has 2 aliphatic heterocycles. The van der Waals surface area contributed by atoms with Gasteiger partial charge in [0.05, 0.1) is 38.9 Å². The number of fused-ring (bicyclic) bond motifs is 14. The summed E-state index contributed by atoms with van der Waals surface area (Å²) in [6.45, 7) is 13.9. The zero-order valence-electron chi connectivity index (χ0n) is 46.0. The molecule has 0 atom stereocenters. The van der Waals surface area contributed by atoms with Crippen molar-refractivity contribution in [2.75, 3.05) is 4.90 Å². The van der Waals surface area contributed by atoms with Gasteiger partial charge < -0.3 is 18.9 Å². The van der Waals surface area contributed by atoms with Crippen LogP contribution >= 0.6 is 0 Å². The topological polar surface area (TPSA) is 26.6 Å². The SMILES string of the molecule is CC(C)(C)c1ccc2c(c1)C1(c3ccccc3Oc3c(N(c4ccc5c(c4)C(c4ccccc4)(c4ccccc4)c4ccccc4O5)c4ccccc4-n4c5ccccc5c5ccccc54)cccc31)c1cc(C(C)(C)C)ccc1-2. The normalized spacial score (nSPS) is 14.3. The van der Waals surface area contributed by atoms with Crippen molar-refractivity contribution < 1.29 is 9.47 Å². The Labute approximate surface area is 468 Å². The Morgan fingerprint density at radius 1 is 0.350 bits per heavy atom. The van der Waals surface area contributed by atoms with Crippen LogP contribution in [-0.2, 0) is 21.7 Å². The van der Waals surface area contributed by atoms with Gasteiger partial charge in [0, 0.05) is 38.7 Å².